The summed E-state index contributed by atoms with van der Waals surface area (Å²) in [7, 11) is 0. The van der Waals surface area contributed by atoms with Gasteiger partial charge < -0.3 is 10.1 Å². The third-order valence-corrected chi connectivity index (χ3v) is 5.80. The van der Waals surface area contributed by atoms with Gasteiger partial charge >= 0.3 is 5.97 Å². The van der Waals surface area contributed by atoms with Crippen LogP contribution in [-0.4, -0.2) is 23.5 Å². The molecule has 1 aromatic carbocycles. The number of nitrogens with zero attached hydrogens (tertiary/aromatic N) is 1. The number of hydrogen-bond acceptors (Lipinski definition) is 5. The van der Waals surface area contributed by atoms with Crippen LogP contribution < -0.4 is 5.32 Å². The van der Waals surface area contributed by atoms with Gasteiger partial charge in [0.25, 0.3) is 5.91 Å². The number of fused-ring (bicyclic) bond motifs is 1. The van der Waals surface area contributed by atoms with Crippen molar-refractivity contribution in [2.75, 3.05) is 0 Å². The Morgan fingerprint density at radius 1 is 1.32 bits per heavy atom. The molecule has 0 unspecified atom stereocenters. The molecule has 0 radical (unpaired) electrons. The molecule has 5 nitrogen and oxygen atoms in total. The van der Waals surface area contributed by atoms with Gasteiger partial charge in [-0.1, -0.05) is 43.6 Å². The predicted molar refractivity (Wildman–Crippen MR) is 98.7 cm³/mol. The highest BCUT2D eigenvalue weighted by Crippen LogP contribution is 2.35. The Morgan fingerprint density at radius 3 is 2.52 bits per heavy atom. The molecule has 1 amide bonds. The van der Waals surface area contributed by atoms with Crippen molar-refractivity contribution < 1.29 is 14.3 Å². The Morgan fingerprint density at radius 2 is 1.96 bits per heavy atom. The maximum atomic E-state index is 12.4. The van der Waals surface area contributed by atoms with E-state index in [1.165, 1.54) is 18.3 Å². The van der Waals surface area contributed by atoms with Gasteiger partial charge in [0.2, 0.25) is 0 Å². The zero-order valence-corrected chi connectivity index (χ0v) is 16.0. The number of hydrogen-bond donors (Lipinski definition) is 1. The molecule has 132 valence electrons. The van der Waals surface area contributed by atoms with E-state index in [1.807, 2.05) is 38.1 Å². The fourth-order valence-corrected chi connectivity index (χ4v) is 3.46. The summed E-state index contributed by atoms with van der Waals surface area (Å²) in [6.07, 6.45) is -1.04. The van der Waals surface area contributed by atoms with Crippen molar-refractivity contribution in [2.45, 2.75) is 39.3 Å². The maximum absolute atomic E-state index is 12.4. The lowest BCUT2D eigenvalue weighted by Gasteiger charge is -2.28. The fraction of sp³-hybridized carbons (Fsp3) is 0.389. The molecule has 0 aliphatic carbocycles. The topological polar surface area (TPSA) is 79.2 Å². The molecule has 0 saturated heterocycles. The first-order valence-corrected chi connectivity index (χ1v) is 9.00. The summed E-state index contributed by atoms with van der Waals surface area (Å²) < 4.78 is 6.11. The van der Waals surface area contributed by atoms with Crippen LogP contribution in [0.1, 0.15) is 37.4 Å². The average molecular weight is 379 g/mol. The van der Waals surface area contributed by atoms with Crippen LogP contribution in [-0.2, 0) is 9.53 Å². The summed E-state index contributed by atoms with van der Waals surface area (Å²) in [6.45, 7) is 6.76. The number of rotatable bonds is 5. The first-order chi connectivity index (χ1) is 11.7. The highest BCUT2D eigenvalue weighted by molar-refractivity contribution is 7.21. The van der Waals surface area contributed by atoms with E-state index >= 15 is 0 Å². The van der Waals surface area contributed by atoms with Crippen LogP contribution in [0.15, 0.2) is 24.3 Å². The molecule has 7 heteroatoms. The second-order valence-corrected chi connectivity index (χ2v) is 7.68. The van der Waals surface area contributed by atoms with Crippen LogP contribution in [0.3, 0.4) is 0 Å². The highest BCUT2D eigenvalue weighted by atomic mass is 35.5. The van der Waals surface area contributed by atoms with E-state index in [0.717, 1.165) is 10.1 Å². The molecule has 0 aliphatic rings. The van der Waals surface area contributed by atoms with Gasteiger partial charge in [0, 0.05) is 10.1 Å². The average Bonchev–Trinajstić information content (AvgIpc) is 2.91. The van der Waals surface area contributed by atoms with E-state index in [-0.39, 0.29) is 10.8 Å². The third kappa shape index (κ3) is 3.94. The van der Waals surface area contributed by atoms with Gasteiger partial charge in [0.1, 0.15) is 10.4 Å². The number of ether oxygens (including phenoxy) is 1. The Bertz CT molecular complexity index is 856. The SMILES string of the molecule is CC(C)[C@@](C)(C#N)NC(=O)[C@@H](C)OC(=O)c1sc2ccccc2c1Cl. The minimum atomic E-state index is -1.04. The molecule has 0 saturated carbocycles. The van der Waals surface area contributed by atoms with Crippen molar-refractivity contribution >= 4 is 44.9 Å². The Kier molecular flexibility index (Phi) is 5.71. The molecule has 0 bridgehead atoms. The van der Waals surface area contributed by atoms with Crippen LogP contribution >= 0.6 is 22.9 Å². The number of esters is 1. The van der Waals surface area contributed by atoms with Crippen molar-refractivity contribution in [3.63, 3.8) is 0 Å². The number of thiophene rings is 1. The highest BCUT2D eigenvalue weighted by Gasteiger charge is 2.33. The summed E-state index contributed by atoms with van der Waals surface area (Å²) in [6, 6.07) is 9.46. The normalized spacial score (nSPS) is 14.6. The monoisotopic (exact) mass is 378 g/mol. The Balaban J connectivity index is 2.13. The number of benzene rings is 1. The van der Waals surface area contributed by atoms with Crippen molar-refractivity contribution in [2.24, 2.45) is 5.92 Å². The lowest BCUT2D eigenvalue weighted by Crippen LogP contribution is -2.52. The van der Waals surface area contributed by atoms with Crippen molar-refractivity contribution in [1.29, 1.82) is 5.26 Å². The van der Waals surface area contributed by atoms with E-state index in [0.29, 0.717) is 5.02 Å². The van der Waals surface area contributed by atoms with Crippen LogP contribution in [0.5, 0.6) is 0 Å². The molecule has 2 atom stereocenters. The number of halogens is 1. The van der Waals surface area contributed by atoms with Gasteiger partial charge in [-0.2, -0.15) is 5.26 Å². The largest absolute Gasteiger partial charge is 0.448 e. The van der Waals surface area contributed by atoms with E-state index in [1.54, 1.807) is 6.92 Å². The zero-order chi connectivity index (χ0) is 18.8. The predicted octanol–water partition coefficient (Wildman–Crippen LogP) is 4.15. The van der Waals surface area contributed by atoms with E-state index in [9.17, 15) is 14.9 Å². The molecule has 1 heterocycles. The molecule has 1 aromatic heterocycles. The first-order valence-electron chi connectivity index (χ1n) is 7.81. The van der Waals surface area contributed by atoms with Gasteiger partial charge in [0.15, 0.2) is 6.10 Å². The third-order valence-electron chi connectivity index (χ3n) is 4.14. The zero-order valence-electron chi connectivity index (χ0n) is 14.4. The van der Waals surface area contributed by atoms with E-state index < -0.39 is 23.5 Å². The Hall–Kier alpha value is -2.10. The van der Waals surface area contributed by atoms with Crippen molar-refractivity contribution in [3.8, 4) is 6.07 Å². The standard InChI is InChI=1S/C18H19ClN2O3S/c1-10(2)18(4,9-20)21-16(22)11(3)24-17(23)15-14(19)12-7-5-6-8-13(12)25-15/h5-8,10-11H,1-4H3,(H,21,22)/t11-,18-/m1/s1. The molecular weight excluding hydrogens is 360 g/mol. The van der Waals surface area contributed by atoms with E-state index in [2.05, 4.69) is 11.4 Å². The maximum Gasteiger partial charge on any atom is 0.350 e. The Labute approximate surface area is 155 Å². The van der Waals surface area contributed by atoms with Crippen molar-refractivity contribution in [3.05, 3.63) is 34.2 Å². The fourth-order valence-electron chi connectivity index (χ4n) is 2.07. The van der Waals surface area contributed by atoms with Crippen molar-refractivity contribution in [1.82, 2.24) is 5.32 Å². The molecule has 0 aliphatic heterocycles. The number of amides is 1. The first kappa shape index (κ1) is 19.2. The van der Waals surface area contributed by atoms with Crippen LogP contribution in [0.4, 0.5) is 0 Å². The lowest BCUT2D eigenvalue weighted by molar-refractivity contribution is -0.130. The molecule has 1 N–H and O–H groups in total. The van der Waals surface area contributed by atoms with Gasteiger partial charge in [-0.15, -0.1) is 11.3 Å². The lowest BCUT2D eigenvalue weighted by atomic mass is 9.90. The summed E-state index contributed by atoms with van der Waals surface area (Å²) in [4.78, 5) is 24.9. The van der Waals surface area contributed by atoms with Gasteiger partial charge in [-0.3, -0.25) is 4.79 Å². The minimum Gasteiger partial charge on any atom is -0.448 e. The second-order valence-electron chi connectivity index (χ2n) is 6.25. The minimum absolute atomic E-state index is 0.0959. The van der Waals surface area contributed by atoms with Crippen LogP contribution in [0.25, 0.3) is 10.1 Å². The number of carbonyl (C=O) groups excluding carboxylic acids is 2. The molecular formula is C18H19ClN2O3S. The molecule has 2 rings (SSSR count). The summed E-state index contributed by atoms with van der Waals surface area (Å²) in [5, 5.41) is 13.0. The quantitative estimate of drug-likeness (QED) is 0.792. The van der Waals surface area contributed by atoms with Crippen LogP contribution in [0.2, 0.25) is 5.02 Å². The second kappa shape index (κ2) is 7.42. The molecule has 0 fully saturated rings. The van der Waals surface area contributed by atoms with Crippen LogP contribution in [0, 0.1) is 17.2 Å². The van der Waals surface area contributed by atoms with E-state index in [4.69, 9.17) is 16.3 Å². The van der Waals surface area contributed by atoms with Gasteiger partial charge in [-0.05, 0) is 25.8 Å². The van der Waals surface area contributed by atoms with Gasteiger partial charge in [-0.25, -0.2) is 4.79 Å². The number of nitriles is 1. The molecule has 2 aromatic rings. The number of carbonyl (C=O) groups is 2. The van der Waals surface area contributed by atoms with Gasteiger partial charge in [0.05, 0.1) is 11.1 Å². The summed E-state index contributed by atoms with van der Waals surface area (Å²) in [5.74, 6) is -1.28. The summed E-state index contributed by atoms with van der Waals surface area (Å²) >= 11 is 7.47. The summed E-state index contributed by atoms with van der Waals surface area (Å²) in [5.41, 5.74) is -1.03. The molecule has 25 heavy (non-hydrogen) atoms. The number of nitrogens with one attached hydrogen (secondary N) is 1. The smallest absolute Gasteiger partial charge is 0.350 e. The molecule has 0 spiro atoms.